The Labute approximate surface area is 106 Å². The van der Waals surface area contributed by atoms with Crippen molar-refractivity contribution in [3.63, 3.8) is 0 Å². The van der Waals surface area contributed by atoms with Crippen molar-refractivity contribution in [2.24, 2.45) is 10.9 Å². The molecular formula is C12H17ClN2O2. The van der Waals surface area contributed by atoms with E-state index in [1.54, 1.807) is 18.2 Å². The van der Waals surface area contributed by atoms with E-state index in [1.807, 2.05) is 6.92 Å². The lowest BCUT2D eigenvalue weighted by Gasteiger charge is -2.14. The lowest BCUT2D eigenvalue weighted by molar-refractivity contribution is 0.210. The van der Waals surface area contributed by atoms with Crippen molar-refractivity contribution in [1.29, 1.82) is 0 Å². The highest BCUT2D eigenvalue weighted by Crippen LogP contribution is 2.23. The number of ether oxygens (including phenoxy) is 1. The second kappa shape index (κ2) is 6.35. The lowest BCUT2D eigenvalue weighted by atomic mass is 10.2. The number of nitrogens with two attached hydrogens (primary N) is 1. The summed E-state index contributed by atoms with van der Waals surface area (Å²) in [7, 11) is 0. The first-order valence-electron chi connectivity index (χ1n) is 5.52. The van der Waals surface area contributed by atoms with Crippen molar-refractivity contribution >= 4 is 17.4 Å². The predicted molar refractivity (Wildman–Crippen MR) is 69.0 cm³/mol. The molecule has 0 aliphatic carbocycles. The summed E-state index contributed by atoms with van der Waals surface area (Å²) in [6.07, 6.45) is 2.20. The third kappa shape index (κ3) is 3.82. The summed E-state index contributed by atoms with van der Waals surface area (Å²) in [6, 6.07) is 5.10. The molecule has 0 aliphatic rings. The van der Waals surface area contributed by atoms with E-state index < -0.39 is 0 Å². The van der Waals surface area contributed by atoms with Gasteiger partial charge in [0, 0.05) is 5.56 Å². The van der Waals surface area contributed by atoms with Crippen LogP contribution in [0.1, 0.15) is 32.3 Å². The van der Waals surface area contributed by atoms with Gasteiger partial charge in [-0.25, -0.2) is 0 Å². The van der Waals surface area contributed by atoms with Crippen LogP contribution in [0.15, 0.2) is 23.4 Å². The molecule has 17 heavy (non-hydrogen) atoms. The van der Waals surface area contributed by atoms with Gasteiger partial charge in [-0.3, -0.25) is 0 Å². The molecule has 1 aromatic carbocycles. The fourth-order valence-electron chi connectivity index (χ4n) is 1.53. The molecule has 94 valence electrons. The van der Waals surface area contributed by atoms with Crippen LogP contribution in [0.25, 0.3) is 0 Å². The van der Waals surface area contributed by atoms with Crippen LogP contribution in [-0.2, 0) is 0 Å². The van der Waals surface area contributed by atoms with Crippen molar-refractivity contribution in [3.05, 3.63) is 28.8 Å². The number of halogens is 1. The van der Waals surface area contributed by atoms with Crippen molar-refractivity contribution in [3.8, 4) is 5.75 Å². The molecular weight excluding hydrogens is 240 g/mol. The SMILES string of the molecule is CCCC(C)Oc1ccc(/C(N)=N/O)c(Cl)c1. The maximum absolute atomic E-state index is 8.57. The van der Waals surface area contributed by atoms with Crippen molar-refractivity contribution < 1.29 is 9.94 Å². The zero-order valence-corrected chi connectivity index (χ0v) is 10.7. The van der Waals surface area contributed by atoms with E-state index in [-0.39, 0.29) is 11.9 Å². The van der Waals surface area contributed by atoms with Crippen LogP contribution >= 0.6 is 11.6 Å². The highest BCUT2D eigenvalue weighted by atomic mass is 35.5. The number of oxime groups is 1. The highest BCUT2D eigenvalue weighted by molar-refractivity contribution is 6.34. The smallest absolute Gasteiger partial charge is 0.171 e. The minimum atomic E-state index is -0.0110. The zero-order valence-electron chi connectivity index (χ0n) is 9.98. The number of hydrogen-bond acceptors (Lipinski definition) is 3. The highest BCUT2D eigenvalue weighted by Gasteiger charge is 2.08. The van der Waals surface area contributed by atoms with Crippen molar-refractivity contribution in [2.75, 3.05) is 0 Å². The zero-order chi connectivity index (χ0) is 12.8. The van der Waals surface area contributed by atoms with Gasteiger partial charge in [-0.1, -0.05) is 30.1 Å². The number of benzene rings is 1. The van der Waals surface area contributed by atoms with E-state index in [0.29, 0.717) is 16.3 Å². The Morgan fingerprint density at radius 2 is 2.29 bits per heavy atom. The maximum atomic E-state index is 8.57. The molecule has 0 saturated carbocycles. The van der Waals surface area contributed by atoms with Crippen LogP contribution in [0.3, 0.4) is 0 Å². The Balaban J connectivity index is 2.82. The van der Waals surface area contributed by atoms with Gasteiger partial charge in [0.25, 0.3) is 0 Å². The van der Waals surface area contributed by atoms with Crippen LogP contribution < -0.4 is 10.5 Å². The Bertz CT molecular complexity index is 407. The van der Waals surface area contributed by atoms with Crippen LogP contribution in [-0.4, -0.2) is 17.1 Å². The minimum absolute atomic E-state index is 0.0110. The van der Waals surface area contributed by atoms with E-state index in [9.17, 15) is 0 Å². The van der Waals surface area contributed by atoms with Gasteiger partial charge in [-0.05, 0) is 31.5 Å². The Hall–Kier alpha value is -1.42. The fourth-order valence-corrected chi connectivity index (χ4v) is 1.80. The topological polar surface area (TPSA) is 67.8 Å². The molecule has 0 heterocycles. The fraction of sp³-hybridized carbons (Fsp3) is 0.417. The van der Waals surface area contributed by atoms with Gasteiger partial charge in [0.15, 0.2) is 5.84 Å². The van der Waals surface area contributed by atoms with Gasteiger partial charge in [-0.15, -0.1) is 0 Å². The molecule has 3 N–H and O–H groups in total. The standard InChI is InChI=1S/C12H17ClN2O2/c1-3-4-8(2)17-9-5-6-10(11(13)7-9)12(14)15-16/h5-8,16H,3-4H2,1-2H3,(H2,14,15). The molecule has 1 atom stereocenters. The third-order valence-corrected chi connectivity index (χ3v) is 2.67. The van der Waals surface area contributed by atoms with Crippen molar-refractivity contribution in [2.45, 2.75) is 32.8 Å². The predicted octanol–water partition coefficient (Wildman–Crippen LogP) is 3.00. The first-order chi connectivity index (χ1) is 8.08. The van der Waals surface area contributed by atoms with Crippen LogP contribution in [0.4, 0.5) is 0 Å². The van der Waals surface area contributed by atoms with Crippen LogP contribution in [0.2, 0.25) is 5.02 Å². The number of hydrogen-bond donors (Lipinski definition) is 2. The lowest BCUT2D eigenvalue weighted by Crippen LogP contribution is -2.14. The molecule has 1 rings (SSSR count). The molecule has 5 heteroatoms. The summed E-state index contributed by atoms with van der Waals surface area (Å²) in [5, 5.41) is 11.9. The van der Waals surface area contributed by atoms with Crippen molar-refractivity contribution in [1.82, 2.24) is 0 Å². The van der Waals surface area contributed by atoms with E-state index >= 15 is 0 Å². The molecule has 4 nitrogen and oxygen atoms in total. The summed E-state index contributed by atoms with van der Waals surface area (Å²) in [5.41, 5.74) is 5.96. The summed E-state index contributed by atoms with van der Waals surface area (Å²) < 4.78 is 5.68. The van der Waals surface area contributed by atoms with Crippen LogP contribution in [0, 0.1) is 0 Å². The average molecular weight is 257 g/mol. The molecule has 0 aliphatic heterocycles. The summed E-state index contributed by atoms with van der Waals surface area (Å²) >= 11 is 6.01. The van der Waals surface area contributed by atoms with Gasteiger partial charge in [0.05, 0.1) is 11.1 Å². The molecule has 0 radical (unpaired) electrons. The largest absolute Gasteiger partial charge is 0.491 e. The molecule has 0 aromatic heterocycles. The first kappa shape index (κ1) is 13.6. The Morgan fingerprint density at radius 1 is 1.59 bits per heavy atom. The molecule has 0 spiro atoms. The maximum Gasteiger partial charge on any atom is 0.171 e. The second-order valence-electron chi connectivity index (χ2n) is 3.84. The van der Waals surface area contributed by atoms with E-state index in [1.165, 1.54) is 0 Å². The molecule has 0 amide bonds. The Kier molecular flexibility index (Phi) is 5.10. The summed E-state index contributed by atoms with van der Waals surface area (Å²) in [4.78, 5) is 0. The third-order valence-electron chi connectivity index (χ3n) is 2.36. The molecule has 1 aromatic rings. The first-order valence-corrected chi connectivity index (χ1v) is 5.90. The average Bonchev–Trinajstić information content (AvgIpc) is 2.28. The molecule has 0 fully saturated rings. The van der Waals surface area contributed by atoms with Crippen LogP contribution in [0.5, 0.6) is 5.75 Å². The van der Waals surface area contributed by atoms with Gasteiger partial charge < -0.3 is 15.7 Å². The molecule has 0 saturated heterocycles. The summed E-state index contributed by atoms with van der Waals surface area (Å²) in [6.45, 7) is 4.11. The number of rotatable bonds is 5. The van der Waals surface area contributed by atoms with E-state index in [2.05, 4.69) is 12.1 Å². The van der Waals surface area contributed by atoms with Gasteiger partial charge >= 0.3 is 0 Å². The normalized spacial score (nSPS) is 13.5. The number of nitrogens with zero attached hydrogens (tertiary/aromatic N) is 1. The van der Waals surface area contributed by atoms with E-state index in [4.69, 9.17) is 27.3 Å². The van der Waals surface area contributed by atoms with Gasteiger partial charge in [-0.2, -0.15) is 0 Å². The molecule has 1 unspecified atom stereocenters. The monoisotopic (exact) mass is 256 g/mol. The minimum Gasteiger partial charge on any atom is -0.491 e. The Morgan fingerprint density at radius 3 is 2.82 bits per heavy atom. The van der Waals surface area contributed by atoms with Gasteiger partial charge in [0.1, 0.15) is 5.75 Å². The molecule has 0 bridgehead atoms. The van der Waals surface area contributed by atoms with Gasteiger partial charge in [0.2, 0.25) is 0 Å². The second-order valence-corrected chi connectivity index (χ2v) is 4.25. The number of amidine groups is 1. The van der Waals surface area contributed by atoms with E-state index in [0.717, 1.165) is 12.8 Å². The summed E-state index contributed by atoms with van der Waals surface area (Å²) in [5.74, 6) is 0.675. The quantitative estimate of drug-likeness (QED) is 0.368.